The van der Waals surface area contributed by atoms with Crippen molar-refractivity contribution in [3.05, 3.63) is 63.1 Å². The highest BCUT2D eigenvalue weighted by Gasteiger charge is 2.12. The number of nitrogens with one attached hydrogen (secondary N) is 1. The summed E-state index contributed by atoms with van der Waals surface area (Å²) in [5.41, 5.74) is 0.227. The van der Waals surface area contributed by atoms with Crippen molar-refractivity contribution in [3.8, 4) is 5.75 Å². The van der Waals surface area contributed by atoms with E-state index in [1.165, 1.54) is 18.2 Å². The quantitative estimate of drug-likeness (QED) is 0.561. The number of rotatable bonds is 7. The fourth-order valence-corrected chi connectivity index (χ4v) is 2.44. The number of hydrogen-bond donors (Lipinski definition) is 1. The van der Waals surface area contributed by atoms with Crippen LogP contribution in [0.3, 0.4) is 0 Å². The Morgan fingerprint density at radius 2 is 1.60 bits per heavy atom. The Hall–Kier alpha value is -1.95. The van der Waals surface area contributed by atoms with E-state index in [0.717, 1.165) is 0 Å². The SMILES string of the molecule is O=C(CNC(=O)c1ccc(Cl)cc1Cl)OCCOc1ccc(Cl)cc1. The lowest BCUT2D eigenvalue weighted by atomic mass is 10.2. The summed E-state index contributed by atoms with van der Waals surface area (Å²) in [6, 6.07) is 11.3. The molecular weight excluding hydrogens is 389 g/mol. The molecule has 25 heavy (non-hydrogen) atoms. The second-order valence-corrected chi connectivity index (χ2v) is 6.11. The summed E-state index contributed by atoms with van der Waals surface area (Å²) in [6.07, 6.45) is 0. The van der Waals surface area contributed by atoms with Crippen LogP contribution < -0.4 is 10.1 Å². The first-order valence-corrected chi connectivity index (χ1v) is 8.36. The van der Waals surface area contributed by atoms with E-state index in [4.69, 9.17) is 44.3 Å². The van der Waals surface area contributed by atoms with Crippen LogP contribution in [0.15, 0.2) is 42.5 Å². The molecule has 0 bridgehead atoms. The Balaban J connectivity index is 1.68. The van der Waals surface area contributed by atoms with Crippen LogP contribution in [0, 0.1) is 0 Å². The largest absolute Gasteiger partial charge is 0.490 e. The zero-order valence-corrected chi connectivity index (χ0v) is 15.2. The van der Waals surface area contributed by atoms with E-state index in [-0.39, 0.29) is 30.3 Å². The summed E-state index contributed by atoms with van der Waals surface area (Å²) in [6.45, 7) is -0.0396. The fraction of sp³-hybridized carbons (Fsp3) is 0.176. The van der Waals surface area contributed by atoms with E-state index in [2.05, 4.69) is 5.32 Å². The molecule has 0 atom stereocenters. The van der Waals surface area contributed by atoms with Crippen LogP contribution in [-0.2, 0) is 9.53 Å². The first-order valence-electron chi connectivity index (χ1n) is 7.23. The van der Waals surface area contributed by atoms with Gasteiger partial charge in [0.1, 0.15) is 25.5 Å². The molecule has 8 heteroatoms. The Morgan fingerprint density at radius 3 is 2.28 bits per heavy atom. The number of amides is 1. The number of carbonyl (C=O) groups excluding carboxylic acids is 2. The van der Waals surface area contributed by atoms with Crippen molar-refractivity contribution in [1.29, 1.82) is 0 Å². The molecule has 1 amide bonds. The van der Waals surface area contributed by atoms with Crippen molar-refractivity contribution in [1.82, 2.24) is 5.32 Å². The van der Waals surface area contributed by atoms with Gasteiger partial charge in [-0.2, -0.15) is 0 Å². The maximum atomic E-state index is 11.9. The Morgan fingerprint density at radius 1 is 0.920 bits per heavy atom. The average molecular weight is 403 g/mol. The highest BCUT2D eigenvalue weighted by Crippen LogP contribution is 2.20. The van der Waals surface area contributed by atoms with E-state index in [1.807, 2.05) is 0 Å². The third kappa shape index (κ3) is 6.46. The highest BCUT2D eigenvalue weighted by molar-refractivity contribution is 6.36. The maximum absolute atomic E-state index is 11.9. The van der Waals surface area contributed by atoms with Gasteiger partial charge in [0, 0.05) is 10.0 Å². The van der Waals surface area contributed by atoms with Gasteiger partial charge >= 0.3 is 5.97 Å². The van der Waals surface area contributed by atoms with E-state index in [9.17, 15) is 9.59 Å². The molecule has 1 N–H and O–H groups in total. The Kier molecular flexibility index (Phi) is 7.37. The second kappa shape index (κ2) is 9.51. The van der Waals surface area contributed by atoms with Crippen LogP contribution in [0.2, 0.25) is 15.1 Å². The number of benzene rings is 2. The smallest absolute Gasteiger partial charge is 0.325 e. The number of halogens is 3. The zero-order valence-electron chi connectivity index (χ0n) is 12.9. The average Bonchev–Trinajstić information content (AvgIpc) is 2.58. The topological polar surface area (TPSA) is 64.6 Å². The minimum absolute atomic E-state index is 0.0546. The number of hydrogen-bond acceptors (Lipinski definition) is 4. The molecule has 0 heterocycles. The number of carbonyl (C=O) groups is 2. The molecule has 0 spiro atoms. The summed E-state index contributed by atoms with van der Waals surface area (Å²) in [5, 5.41) is 3.66. The molecule has 2 aromatic rings. The predicted molar refractivity (Wildman–Crippen MR) is 96.7 cm³/mol. The molecule has 0 saturated heterocycles. The van der Waals surface area contributed by atoms with E-state index in [0.29, 0.717) is 15.8 Å². The minimum Gasteiger partial charge on any atom is -0.490 e. The molecule has 0 saturated carbocycles. The normalized spacial score (nSPS) is 10.2. The number of esters is 1. The summed E-state index contributed by atoms with van der Waals surface area (Å²) < 4.78 is 10.3. The molecule has 0 unspecified atom stereocenters. The van der Waals surface area contributed by atoms with Crippen molar-refractivity contribution in [2.24, 2.45) is 0 Å². The predicted octanol–water partition coefficient (Wildman–Crippen LogP) is 4.00. The third-order valence-corrected chi connectivity index (χ3v) is 3.80. The van der Waals surface area contributed by atoms with Crippen LogP contribution in [0.1, 0.15) is 10.4 Å². The fourth-order valence-electron chi connectivity index (χ4n) is 1.82. The van der Waals surface area contributed by atoms with Crippen LogP contribution >= 0.6 is 34.8 Å². The molecule has 0 aliphatic carbocycles. The van der Waals surface area contributed by atoms with Gasteiger partial charge in [-0.05, 0) is 42.5 Å². The molecule has 5 nitrogen and oxygen atoms in total. The van der Waals surface area contributed by atoms with Gasteiger partial charge < -0.3 is 14.8 Å². The molecule has 0 aromatic heterocycles. The molecule has 0 aliphatic heterocycles. The molecule has 2 aromatic carbocycles. The molecule has 2 rings (SSSR count). The van der Waals surface area contributed by atoms with Crippen LogP contribution in [-0.4, -0.2) is 31.6 Å². The van der Waals surface area contributed by atoms with E-state index >= 15 is 0 Å². The number of ether oxygens (including phenoxy) is 2. The summed E-state index contributed by atoms with van der Waals surface area (Å²) >= 11 is 17.4. The van der Waals surface area contributed by atoms with Crippen molar-refractivity contribution >= 4 is 46.7 Å². The summed E-state index contributed by atoms with van der Waals surface area (Å²) in [5.74, 6) is -0.458. The van der Waals surface area contributed by atoms with Gasteiger partial charge in [-0.15, -0.1) is 0 Å². The monoisotopic (exact) mass is 401 g/mol. The minimum atomic E-state index is -0.585. The van der Waals surface area contributed by atoms with Crippen LogP contribution in [0.4, 0.5) is 0 Å². The highest BCUT2D eigenvalue weighted by atomic mass is 35.5. The third-order valence-electron chi connectivity index (χ3n) is 3.00. The summed E-state index contributed by atoms with van der Waals surface area (Å²) in [7, 11) is 0. The van der Waals surface area contributed by atoms with Crippen LogP contribution in [0.25, 0.3) is 0 Å². The van der Waals surface area contributed by atoms with E-state index in [1.54, 1.807) is 24.3 Å². The van der Waals surface area contributed by atoms with Gasteiger partial charge in [-0.1, -0.05) is 34.8 Å². The maximum Gasteiger partial charge on any atom is 0.325 e. The summed E-state index contributed by atoms with van der Waals surface area (Å²) in [4.78, 5) is 23.6. The molecular formula is C17H14Cl3NO4. The van der Waals surface area contributed by atoms with Gasteiger partial charge in [-0.3, -0.25) is 9.59 Å². The molecule has 0 fully saturated rings. The lowest BCUT2D eigenvalue weighted by molar-refractivity contribution is -0.143. The Bertz CT molecular complexity index is 750. The van der Waals surface area contributed by atoms with Crippen molar-refractivity contribution < 1.29 is 19.1 Å². The van der Waals surface area contributed by atoms with Crippen LogP contribution in [0.5, 0.6) is 5.75 Å². The van der Waals surface area contributed by atoms with Gasteiger partial charge in [0.2, 0.25) is 0 Å². The van der Waals surface area contributed by atoms with E-state index < -0.39 is 11.9 Å². The molecule has 132 valence electrons. The molecule has 0 radical (unpaired) electrons. The first-order chi connectivity index (χ1) is 12.0. The second-order valence-electron chi connectivity index (χ2n) is 4.83. The standard InChI is InChI=1S/C17H14Cl3NO4/c18-11-1-4-13(5-2-11)24-7-8-25-16(22)10-21-17(23)14-6-3-12(19)9-15(14)20/h1-6,9H,7-8,10H2,(H,21,23). The lowest BCUT2D eigenvalue weighted by Crippen LogP contribution is -2.31. The lowest BCUT2D eigenvalue weighted by Gasteiger charge is -2.09. The van der Waals surface area contributed by atoms with Gasteiger partial charge in [0.25, 0.3) is 5.91 Å². The van der Waals surface area contributed by atoms with Gasteiger partial charge in [0.05, 0.1) is 10.6 Å². The van der Waals surface area contributed by atoms with Gasteiger partial charge in [0.15, 0.2) is 0 Å². The zero-order chi connectivity index (χ0) is 18.2. The first kappa shape index (κ1) is 19.4. The molecule has 0 aliphatic rings. The van der Waals surface area contributed by atoms with Crippen molar-refractivity contribution in [2.75, 3.05) is 19.8 Å². The Labute approximate surface area is 159 Å². The van der Waals surface area contributed by atoms with Crippen molar-refractivity contribution in [2.45, 2.75) is 0 Å². The van der Waals surface area contributed by atoms with Crippen molar-refractivity contribution in [3.63, 3.8) is 0 Å². The van der Waals surface area contributed by atoms with Gasteiger partial charge in [-0.25, -0.2) is 0 Å².